The third-order valence-electron chi connectivity index (χ3n) is 1.72. The average molecular weight is 219 g/mol. The second-order valence-electron chi connectivity index (χ2n) is 2.86. The van der Waals surface area contributed by atoms with Gasteiger partial charge < -0.3 is 10.4 Å². The van der Waals surface area contributed by atoms with Gasteiger partial charge in [-0.3, -0.25) is 9.78 Å². The Morgan fingerprint density at radius 2 is 2.31 bits per heavy atom. The predicted molar refractivity (Wildman–Crippen MR) is 54.4 cm³/mol. The zero-order valence-corrected chi connectivity index (χ0v) is 8.25. The predicted octanol–water partition coefficient (Wildman–Crippen LogP) is -0.317. The molecule has 6 heteroatoms. The van der Waals surface area contributed by atoms with Gasteiger partial charge in [-0.15, -0.1) is 12.3 Å². The molecule has 0 aliphatic heterocycles. The molecule has 0 spiro atoms. The molecule has 1 unspecified atom stereocenters. The van der Waals surface area contributed by atoms with E-state index in [9.17, 15) is 9.59 Å². The number of aliphatic carboxylic acids is 1. The number of terminal acetylenes is 1. The van der Waals surface area contributed by atoms with Crippen molar-refractivity contribution in [3.05, 3.63) is 24.3 Å². The van der Waals surface area contributed by atoms with E-state index in [1.54, 1.807) is 0 Å². The lowest BCUT2D eigenvalue weighted by Gasteiger charge is -2.10. The lowest BCUT2D eigenvalue weighted by atomic mass is 10.2. The number of nitrogens with zero attached hydrogens (tertiary/aromatic N) is 2. The van der Waals surface area contributed by atoms with Gasteiger partial charge in [0, 0.05) is 18.8 Å². The van der Waals surface area contributed by atoms with E-state index in [-0.39, 0.29) is 12.1 Å². The Kier molecular flexibility index (Phi) is 3.98. The first-order valence-corrected chi connectivity index (χ1v) is 4.38. The van der Waals surface area contributed by atoms with Crippen molar-refractivity contribution in [3.63, 3.8) is 0 Å². The second-order valence-corrected chi connectivity index (χ2v) is 2.86. The maximum Gasteiger partial charge on any atom is 0.327 e. The molecular formula is C10H9N3O3. The van der Waals surface area contributed by atoms with Crippen molar-refractivity contribution < 1.29 is 14.7 Å². The summed E-state index contributed by atoms with van der Waals surface area (Å²) in [5.41, 5.74) is 0.0470. The summed E-state index contributed by atoms with van der Waals surface area (Å²) in [6.07, 6.45) is 8.90. The van der Waals surface area contributed by atoms with E-state index in [0.717, 1.165) is 0 Å². The van der Waals surface area contributed by atoms with Gasteiger partial charge in [0.2, 0.25) is 0 Å². The normalized spacial score (nSPS) is 11.2. The van der Waals surface area contributed by atoms with Gasteiger partial charge in [0.25, 0.3) is 5.91 Å². The van der Waals surface area contributed by atoms with Crippen molar-refractivity contribution >= 4 is 11.9 Å². The molecule has 0 aliphatic carbocycles. The first-order chi connectivity index (χ1) is 7.65. The molecule has 16 heavy (non-hydrogen) atoms. The molecule has 1 atom stereocenters. The summed E-state index contributed by atoms with van der Waals surface area (Å²) in [6.45, 7) is 0. The van der Waals surface area contributed by atoms with Crippen LogP contribution in [-0.4, -0.2) is 33.0 Å². The van der Waals surface area contributed by atoms with Crippen LogP contribution in [0.1, 0.15) is 16.9 Å². The van der Waals surface area contributed by atoms with E-state index in [1.807, 2.05) is 0 Å². The molecule has 2 N–H and O–H groups in total. The lowest BCUT2D eigenvalue weighted by molar-refractivity contribution is -0.139. The summed E-state index contributed by atoms with van der Waals surface area (Å²) in [6, 6.07) is -1.11. The van der Waals surface area contributed by atoms with Crippen molar-refractivity contribution in [1.82, 2.24) is 15.3 Å². The van der Waals surface area contributed by atoms with Crippen LogP contribution in [0.15, 0.2) is 18.6 Å². The Morgan fingerprint density at radius 1 is 1.56 bits per heavy atom. The summed E-state index contributed by atoms with van der Waals surface area (Å²) >= 11 is 0. The van der Waals surface area contributed by atoms with Crippen LogP contribution in [-0.2, 0) is 4.79 Å². The molecule has 82 valence electrons. The molecular weight excluding hydrogens is 210 g/mol. The number of hydrogen-bond donors (Lipinski definition) is 2. The Hall–Kier alpha value is -2.42. The van der Waals surface area contributed by atoms with E-state index in [2.05, 4.69) is 21.2 Å². The van der Waals surface area contributed by atoms with Gasteiger partial charge in [0.1, 0.15) is 11.7 Å². The summed E-state index contributed by atoms with van der Waals surface area (Å²) in [7, 11) is 0. The standard InChI is InChI=1S/C10H9N3O3/c1-2-3-7(10(15)16)13-9(14)8-6-11-4-5-12-8/h1,4-7H,3H2,(H,13,14)(H,15,16). The summed E-state index contributed by atoms with van der Waals surface area (Å²) in [5, 5.41) is 11.0. The van der Waals surface area contributed by atoms with Crippen LogP contribution in [0.2, 0.25) is 0 Å². The quantitative estimate of drug-likeness (QED) is 0.677. The number of rotatable bonds is 4. The number of aromatic nitrogens is 2. The van der Waals surface area contributed by atoms with Gasteiger partial charge >= 0.3 is 5.97 Å². The van der Waals surface area contributed by atoms with Gasteiger partial charge in [-0.1, -0.05) is 0 Å². The highest BCUT2D eigenvalue weighted by atomic mass is 16.4. The third-order valence-corrected chi connectivity index (χ3v) is 1.72. The maximum absolute atomic E-state index is 11.5. The van der Waals surface area contributed by atoms with Gasteiger partial charge in [-0.25, -0.2) is 9.78 Å². The average Bonchev–Trinajstić information content (AvgIpc) is 2.29. The Bertz CT molecular complexity index is 425. The number of carbonyl (C=O) groups excluding carboxylic acids is 1. The minimum Gasteiger partial charge on any atom is -0.480 e. The van der Waals surface area contributed by atoms with Crippen molar-refractivity contribution in [1.29, 1.82) is 0 Å². The molecule has 0 radical (unpaired) electrons. The minimum atomic E-state index is -1.19. The molecule has 0 saturated carbocycles. The van der Waals surface area contributed by atoms with Crippen LogP contribution >= 0.6 is 0 Å². The topological polar surface area (TPSA) is 92.2 Å². The van der Waals surface area contributed by atoms with Crippen molar-refractivity contribution in [2.24, 2.45) is 0 Å². The molecule has 1 rings (SSSR count). The largest absolute Gasteiger partial charge is 0.480 e. The molecule has 1 heterocycles. The SMILES string of the molecule is C#CCC(NC(=O)c1cnccn1)C(=O)O. The van der Waals surface area contributed by atoms with Crippen LogP contribution in [0.3, 0.4) is 0 Å². The summed E-state index contributed by atoms with van der Waals surface area (Å²) < 4.78 is 0. The molecule has 0 fully saturated rings. The molecule has 0 aliphatic rings. The Labute approximate surface area is 91.7 Å². The van der Waals surface area contributed by atoms with Crippen LogP contribution in [0.25, 0.3) is 0 Å². The number of amides is 1. The first-order valence-electron chi connectivity index (χ1n) is 4.38. The highest BCUT2D eigenvalue weighted by Gasteiger charge is 2.19. The van der Waals surface area contributed by atoms with Crippen LogP contribution in [0.5, 0.6) is 0 Å². The van der Waals surface area contributed by atoms with Crippen molar-refractivity contribution in [3.8, 4) is 12.3 Å². The van der Waals surface area contributed by atoms with Crippen LogP contribution in [0.4, 0.5) is 0 Å². The van der Waals surface area contributed by atoms with E-state index < -0.39 is 17.9 Å². The van der Waals surface area contributed by atoms with E-state index >= 15 is 0 Å². The Morgan fingerprint density at radius 3 is 2.81 bits per heavy atom. The van der Waals surface area contributed by atoms with Gasteiger partial charge in [-0.2, -0.15) is 0 Å². The smallest absolute Gasteiger partial charge is 0.327 e. The van der Waals surface area contributed by atoms with Gasteiger partial charge in [0.05, 0.1) is 6.20 Å². The highest BCUT2D eigenvalue weighted by molar-refractivity contribution is 5.94. The zero-order valence-electron chi connectivity index (χ0n) is 8.25. The molecule has 0 saturated heterocycles. The van der Waals surface area contributed by atoms with Gasteiger partial charge in [-0.05, 0) is 0 Å². The molecule has 1 aromatic heterocycles. The number of nitrogens with one attached hydrogen (secondary N) is 1. The fourth-order valence-electron chi connectivity index (χ4n) is 0.966. The molecule has 0 aromatic carbocycles. The van der Waals surface area contributed by atoms with Crippen LogP contribution in [0, 0.1) is 12.3 Å². The monoisotopic (exact) mass is 219 g/mol. The summed E-state index contributed by atoms with van der Waals surface area (Å²) in [5.74, 6) is 0.374. The highest BCUT2D eigenvalue weighted by Crippen LogP contribution is 1.95. The van der Waals surface area contributed by atoms with Crippen molar-refractivity contribution in [2.75, 3.05) is 0 Å². The van der Waals surface area contributed by atoms with E-state index in [0.29, 0.717) is 0 Å². The van der Waals surface area contributed by atoms with E-state index in [1.165, 1.54) is 18.6 Å². The fraction of sp³-hybridized carbons (Fsp3) is 0.200. The second kappa shape index (κ2) is 5.46. The van der Waals surface area contributed by atoms with E-state index in [4.69, 9.17) is 11.5 Å². The first kappa shape index (κ1) is 11.7. The molecule has 6 nitrogen and oxygen atoms in total. The molecule has 1 aromatic rings. The number of carboxylic acid groups (broad SMARTS) is 1. The Balaban J connectivity index is 2.70. The number of carboxylic acids is 1. The lowest BCUT2D eigenvalue weighted by Crippen LogP contribution is -2.40. The molecule has 1 amide bonds. The minimum absolute atomic E-state index is 0.0470. The third kappa shape index (κ3) is 3.06. The molecule has 0 bridgehead atoms. The fourth-order valence-corrected chi connectivity index (χ4v) is 0.966. The summed E-state index contributed by atoms with van der Waals surface area (Å²) in [4.78, 5) is 29.6. The number of hydrogen-bond acceptors (Lipinski definition) is 4. The zero-order chi connectivity index (χ0) is 12.0. The van der Waals surface area contributed by atoms with Crippen LogP contribution < -0.4 is 5.32 Å². The number of carbonyl (C=O) groups is 2. The van der Waals surface area contributed by atoms with Gasteiger partial charge in [0.15, 0.2) is 0 Å². The van der Waals surface area contributed by atoms with Crippen molar-refractivity contribution in [2.45, 2.75) is 12.5 Å². The maximum atomic E-state index is 11.5.